The van der Waals surface area contributed by atoms with Gasteiger partial charge in [-0.3, -0.25) is 9.59 Å². The predicted octanol–water partition coefficient (Wildman–Crippen LogP) is 2.45. The van der Waals surface area contributed by atoms with Crippen LogP contribution in [0, 0.1) is 5.82 Å². The molecule has 0 radical (unpaired) electrons. The van der Waals surface area contributed by atoms with Gasteiger partial charge in [0.05, 0.1) is 10.9 Å². The Hall–Kier alpha value is -1.43. The SMILES string of the molecule is CN(CCCC(=O)O)C(=O)Cc1ccc(Br)c(F)c1. The molecule has 0 unspecified atom stereocenters. The molecule has 1 aromatic rings. The highest BCUT2D eigenvalue weighted by Crippen LogP contribution is 2.17. The summed E-state index contributed by atoms with van der Waals surface area (Å²) in [5.74, 6) is -1.44. The normalized spacial score (nSPS) is 10.3. The molecular formula is C13H15BrFNO3. The third kappa shape index (κ3) is 5.38. The highest BCUT2D eigenvalue weighted by Gasteiger charge is 2.11. The van der Waals surface area contributed by atoms with Crippen LogP contribution in [0.5, 0.6) is 0 Å². The maximum atomic E-state index is 13.3. The number of amides is 1. The van der Waals surface area contributed by atoms with E-state index in [2.05, 4.69) is 15.9 Å². The molecule has 0 bridgehead atoms. The number of carbonyl (C=O) groups is 2. The zero-order valence-electron chi connectivity index (χ0n) is 10.5. The van der Waals surface area contributed by atoms with Gasteiger partial charge in [-0.25, -0.2) is 4.39 Å². The summed E-state index contributed by atoms with van der Waals surface area (Å²) >= 11 is 3.05. The molecule has 0 aromatic heterocycles. The van der Waals surface area contributed by atoms with E-state index < -0.39 is 11.8 Å². The second kappa shape index (κ2) is 7.23. The van der Waals surface area contributed by atoms with Crippen LogP contribution in [-0.2, 0) is 16.0 Å². The van der Waals surface area contributed by atoms with E-state index in [1.807, 2.05) is 0 Å². The molecule has 6 heteroatoms. The lowest BCUT2D eigenvalue weighted by Gasteiger charge is -2.16. The van der Waals surface area contributed by atoms with Crippen molar-refractivity contribution in [1.29, 1.82) is 0 Å². The number of halogens is 2. The summed E-state index contributed by atoms with van der Waals surface area (Å²) < 4.78 is 13.6. The number of likely N-dealkylation sites (N-methyl/N-ethyl adjacent to an activating group) is 1. The molecule has 0 aliphatic rings. The molecule has 1 aromatic carbocycles. The van der Waals surface area contributed by atoms with Gasteiger partial charge >= 0.3 is 5.97 Å². The third-order valence-electron chi connectivity index (χ3n) is 2.65. The smallest absolute Gasteiger partial charge is 0.303 e. The largest absolute Gasteiger partial charge is 0.481 e. The van der Waals surface area contributed by atoms with Crippen molar-refractivity contribution in [2.24, 2.45) is 0 Å². The van der Waals surface area contributed by atoms with E-state index in [1.165, 1.54) is 11.0 Å². The first-order valence-electron chi connectivity index (χ1n) is 5.80. The molecular weight excluding hydrogens is 317 g/mol. The highest BCUT2D eigenvalue weighted by molar-refractivity contribution is 9.10. The van der Waals surface area contributed by atoms with Crippen LogP contribution >= 0.6 is 15.9 Å². The Bertz CT molecular complexity index is 479. The van der Waals surface area contributed by atoms with Crippen molar-refractivity contribution in [2.75, 3.05) is 13.6 Å². The van der Waals surface area contributed by atoms with E-state index >= 15 is 0 Å². The van der Waals surface area contributed by atoms with Gasteiger partial charge in [0.25, 0.3) is 0 Å². The zero-order valence-corrected chi connectivity index (χ0v) is 12.1. The van der Waals surface area contributed by atoms with Gasteiger partial charge in [0, 0.05) is 20.0 Å². The summed E-state index contributed by atoms with van der Waals surface area (Å²) in [6, 6.07) is 4.55. The molecule has 1 amide bonds. The maximum absolute atomic E-state index is 13.3. The number of nitrogens with zero attached hydrogens (tertiary/aromatic N) is 1. The van der Waals surface area contributed by atoms with Crippen LogP contribution in [0.2, 0.25) is 0 Å². The van der Waals surface area contributed by atoms with Gasteiger partial charge in [-0.1, -0.05) is 6.07 Å². The van der Waals surface area contributed by atoms with Gasteiger partial charge in [0.2, 0.25) is 5.91 Å². The number of carboxylic acid groups (broad SMARTS) is 1. The fourth-order valence-corrected chi connectivity index (χ4v) is 1.80. The minimum Gasteiger partial charge on any atom is -0.481 e. The van der Waals surface area contributed by atoms with Crippen LogP contribution in [0.1, 0.15) is 18.4 Å². The number of rotatable bonds is 6. The first-order chi connectivity index (χ1) is 8.90. The average molecular weight is 332 g/mol. The Labute approximate surface area is 119 Å². The number of hydrogen-bond donors (Lipinski definition) is 1. The molecule has 0 saturated carbocycles. The number of carboxylic acids is 1. The van der Waals surface area contributed by atoms with Gasteiger partial charge in [-0.15, -0.1) is 0 Å². The third-order valence-corrected chi connectivity index (χ3v) is 3.29. The second-order valence-corrected chi connectivity index (χ2v) is 5.09. The minimum absolute atomic E-state index is 0.0323. The standard InChI is InChI=1S/C13H15BrFNO3/c1-16(6-2-3-13(18)19)12(17)8-9-4-5-10(14)11(15)7-9/h4-5,7H,2-3,6,8H2,1H3,(H,18,19). The molecule has 0 aliphatic carbocycles. The first-order valence-corrected chi connectivity index (χ1v) is 6.59. The molecule has 0 heterocycles. The summed E-state index contributed by atoms with van der Waals surface area (Å²) in [6.45, 7) is 0.379. The average Bonchev–Trinajstić information content (AvgIpc) is 2.33. The van der Waals surface area contributed by atoms with Crippen LogP contribution < -0.4 is 0 Å². The Kier molecular flexibility index (Phi) is 5.95. The summed E-state index contributed by atoms with van der Waals surface area (Å²) in [4.78, 5) is 23.7. The van der Waals surface area contributed by atoms with Crippen molar-refractivity contribution < 1.29 is 19.1 Å². The van der Waals surface area contributed by atoms with Crippen molar-refractivity contribution >= 4 is 27.8 Å². The quantitative estimate of drug-likeness (QED) is 0.871. The molecule has 0 spiro atoms. The molecule has 4 nitrogen and oxygen atoms in total. The van der Waals surface area contributed by atoms with Gasteiger partial charge in [-0.2, -0.15) is 0 Å². The minimum atomic E-state index is -0.879. The monoisotopic (exact) mass is 331 g/mol. The number of benzene rings is 1. The van der Waals surface area contributed by atoms with Crippen molar-refractivity contribution in [3.8, 4) is 0 Å². The van der Waals surface area contributed by atoms with Crippen LogP contribution in [0.25, 0.3) is 0 Å². The van der Waals surface area contributed by atoms with Crippen LogP contribution in [-0.4, -0.2) is 35.5 Å². The van der Waals surface area contributed by atoms with Crippen LogP contribution in [0.15, 0.2) is 22.7 Å². The highest BCUT2D eigenvalue weighted by atomic mass is 79.9. The lowest BCUT2D eigenvalue weighted by Crippen LogP contribution is -2.29. The molecule has 1 N–H and O–H groups in total. The van der Waals surface area contributed by atoms with Crippen LogP contribution in [0.3, 0.4) is 0 Å². The van der Waals surface area contributed by atoms with E-state index in [0.717, 1.165) is 0 Å². The van der Waals surface area contributed by atoms with E-state index in [0.29, 0.717) is 23.0 Å². The molecule has 0 aliphatic heterocycles. The number of aliphatic carboxylic acids is 1. The van der Waals surface area contributed by atoms with Crippen LogP contribution in [0.4, 0.5) is 4.39 Å². The van der Waals surface area contributed by atoms with E-state index in [-0.39, 0.29) is 18.7 Å². The molecule has 0 fully saturated rings. The number of hydrogen-bond acceptors (Lipinski definition) is 2. The summed E-state index contributed by atoms with van der Waals surface area (Å²) in [5, 5.41) is 8.51. The van der Waals surface area contributed by atoms with Crippen molar-refractivity contribution in [3.63, 3.8) is 0 Å². The van der Waals surface area contributed by atoms with Crippen molar-refractivity contribution in [2.45, 2.75) is 19.3 Å². The lowest BCUT2D eigenvalue weighted by atomic mass is 10.1. The van der Waals surface area contributed by atoms with E-state index in [4.69, 9.17) is 5.11 Å². The molecule has 1 rings (SSSR count). The van der Waals surface area contributed by atoms with E-state index in [1.54, 1.807) is 19.2 Å². The van der Waals surface area contributed by atoms with Gasteiger partial charge in [0.1, 0.15) is 5.82 Å². The predicted molar refractivity (Wildman–Crippen MR) is 72.3 cm³/mol. The van der Waals surface area contributed by atoms with E-state index in [9.17, 15) is 14.0 Å². The Morgan fingerprint density at radius 3 is 2.68 bits per heavy atom. The molecule has 0 atom stereocenters. The van der Waals surface area contributed by atoms with Crippen molar-refractivity contribution in [3.05, 3.63) is 34.1 Å². The van der Waals surface area contributed by atoms with Gasteiger partial charge in [-0.05, 0) is 40.0 Å². The summed E-state index contributed by atoms with van der Waals surface area (Å²) in [6.07, 6.45) is 0.546. The van der Waals surface area contributed by atoms with Crippen molar-refractivity contribution in [1.82, 2.24) is 4.90 Å². The second-order valence-electron chi connectivity index (χ2n) is 4.24. The molecule has 19 heavy (non-hydrogen) atoms. The fraction of sp³-hybridized carbons (Fsp3) is 0.385. The maximum Gasteiger partial charge on any atom is 0.303 e. The topological polar surface area (TPSA) is 57.6 Å². The Balaban J connectivity index is 2.49. The first kappa shape index (κ1) is 15.6. The summed E-state index contributed by atoms with van der Waals surface area (Å²) in [5.41, 5.74) is 0.593. The number of carbonyl (C=O) groups excluding carboxylic acids is 1. The zero-order chi connectivity index (χ0) is 14.4. The van der Waals surface area contributed by atoms with Gasteiger partial charge < -0.3 is 10.0 Å². The Morgan fingerprint density at radius 1 is 1.42 bits per heavy atom. The molecule has 104 valence electrons. The molecule has 0 saturated heterocycles. The fourth-order valence-electron chi connectivity index (χ4n) is 1.55. The van der Waals surface area contributed by atoms with Gasteiger partial charge in [0.15, 0.2) is 0 Å². The Morgan fingerprint density at radius 2 is 2.11 bits per heavy atom. The summed E-state index contributed by atoms with van der Waals surface area (Å²) in [7, 11) is 1.61. The lowest BCUT2D eigenvalue weighted by molar-refractivity contribution is -0.138.